The first kappa shape index (κ1) is 14.3. The summed E-state index contributed by atoms with van der Waals surface area (Å²) in [6.07, 6.45) is 2.52. The summed E-state index contributed by atoms with van der Waals surface area (Å²) in [5.74, 6) is 1.51. The Morgan fingerprint density at radius 3 is 2.55 bits per heavy atom. The molecule has 106 valence electrons. The van der Waals surface area contributed by atoms with Crippen molar-refractivity contribution in [3.8, 4) is 0 Å². The second-order valence-corrected chi connectivity index (χ2v) is 5.01. The van der Waals surface area contributed by atoms with E-state index in [0.29, 0.717) is 17.9 Å². The van der Waals surface area contributed by atoms with Crippen LogP contribution in [0, 0.1) is 20.8 Å². The molecule has 2 rings (SSSR count). The van der Waals surface area contributed by atoms with Crippen LogP contribution in [0.4, 0.5) is 0 Å². The van der Waals surface area contributed by atoms with Gasteiger partial charge in [0.15, 0.2) is 0 Å². The van der Waals surface area contributed by atoms with Gasteiger partial charge in [-0.05, 0) is 32.9 Å². The summed E-state index contributed by atoms with van der Waals surface area (Å²) in [5, 5.41) is 0. The lowest BCUT2D eigenvalue weighted by atomic mass is 10.1. The number of pyridine rings is 1. The molecule has 0 spiro atoms. The predicted octanol–water partition coefficient (Wildman–Crippen LogP) is 2.91. The van der Waals surface area contributed by atoms with Crippen LogP contribution in [0.15, 0.2) is 28.8 Å². The average Bonchev–Trinajstić information content (AvgIpc) is 2.70. The van der Waals surface area contributed by atoms with E-state index in [1.165, 1.54) is 0 Å². The van der Waals surface area contributed by atoms with Crippen molar-refractivity contribution < 1.29 is 9.21 Å². The van der Waals surface area contributed by atoms with Crippen LogP contribution in [0.2, 0.25) is 0 Å². The van der Waals surface area contributed by atoms with Gasteiger partial charge in [0, 0.05) is 37.5 Å². The summed E-state index contributed by atoms with van der Waals surface area (Å²) in [6.45, 7) is 6.28. The Morgan fingerprint density at radius 1 is 1.25 bits per heavy atom. The van der Waals surface area contributed by atoms with E-state index in [-0.39, 0.29) is 5.91 Å². The van der Waals surface area contributed by atoms with Crippen LogP contribution in [0.3, 0.4) is 0 Å². The van der Waals surface area contributed by atoms with E-state index in [2.05, 4.69) is 4.98 Å². The Kier molecular flexibility index (Phi) is 4.23. The molecule has 2 aromatic heterocycles. The van der Waals surface area contributed by atoms with Gasteiger partial charge in [-0.25, -0.2) is 0 Å². The van der Waals surface area contributed by atoms with E-state index >= 15 is 0 Å². The molecular formula is C16H20N2O2. The van der Waals surface area contributed by atoms with Gasteiger partial charge < -0.3 is 9.32 Å². The number of nitrogens with zero attached hydrogens (tertiary/aromatic N) is 2. The molecule has 0 aliphatic heterocycles. The van der Waals surface area contributed by atoms with E-state index in [1.807, 2.05) is 46.0 Å². The van der Waals surface area contributed by atoms with Crippen LogP contribution in [-0.4, -0.2) is 29.4 Å². The fraction of sp³-hybridized carbons (Fsp3) is 0.375. The maximum atomic E-state index is 12.5. The van der Waals surface area contributed by atoms with E-state index < -0.39 is 0 Å². The van der Waals surface area contributed by atoms with Gasteiger partial charge in [-0.15, -0.1) is 0 Å². The quantitative estimate of drug-likeness (QED) is 0.859. The van der Waals surface area contributed by atoms with Gasteiger partial charge in [0.1, 0.15) is 11.5 Å². The predicted molar refractivity (Wildman–Crippen MR) is 77.8 cm³/mol. The number of likely N-dealkylation sites (N-methyl/N-ethyl adjacent to an activating group) is 1. The Hall–Kier alpha value is -2.10. The molecule has 4 nitrogen and oxygen atoms in total. The standard InChI is InChI=1S/C16H20N2O2/c1-11-12(2)20-13(3)15(11)16(19)18(4)10-8-14-7-5-6-9-17-14/h5-7,9H,8,10H2,1-4H3. The smallest absolute Gasteiger partial charge is 0.257 e. The fourth-order valence-electron chi connectivity index (χ4n) is 2.23. The zero-order valence-electron chi connectivity index (χ0n) is 12.4. The zero-order chi connectivity index (χ0) is 14.7. The molecule has 0 bridgehead atoms. The highest BCUT2D eigenvalue weighted by atomic mass is 16.3. The number of carbonyl (C=O) groups is 1. The third kappa shape index (κ3) is 2.90. The number of hydrogen-bond donors (Lipinski definition) is 0. The number of aromatic nitrogens is 1. The van der Waals surface area contributed by atoms with E-state index in [4.69, 9.17) is 4.42 Å². The van der Waals surface area contributed by atoms with E-state index in [1.54, 1.807) is 11.1 Å². The van der Waals surface area contributed by atoms with Gasteiger partial charge in [0.25, 0.3) is 5.91 Å². The van der Waals surface area contributed by atoms with Gasteiger partial charge in [0.2, 0.25) is 0 Å². The Bertz CT molecular complexity index is 602. The Balaban J connectivity index is 2.05. The lowest BCUT2D eigenvalue weighted by Crippen LogP contribution is -2.29. The molecule has 0 unspecified atom stereocenters. The van der Waals surface area contributed by atoms with Gasteiger partial charge in [-0.3, -0.25) is 9.78 Å². The van der Waals surface area contributed by atoms with Gasteiger partial charge >= 0.3 is 0 Å². The molecule has 0 fully saturated rings. The van der Waals surface area contributed by atoms with Crippen LogP contribution in [-0.2, 0) is 6.42 Å². The molecule has 0 saturated carbocycles. The third-order valence-corrected chi connectivity index (χ3v) is 3.55. The highest BCUT2D eigenvalue weighted by Gasteiger charge is 2.21. The van der Waals surface area contributed by atoms with Crippen molar-refractivity contribution in [1.29, 1.82) is 0 Å². The summed E-state index contributed by atoms with van der Waals surface area (Å²) in [5.41, 5.74) is 2.60. The summed E-state index contributed by atoms with van der Waals surface area (Å²) in [6, 6.07) is 5.81. The third-order valence-electron chi connectivity index (χ3n) is 3.55. The zero-order valence-corrected chi connectivity index (χ0v) is 12.4. The van der Waals surface area contributed by atoms with Gasteiger partial charge in [-0.2, -0.15) is 0 Å². The van der Waals surface area contributed by atoms with Crippen molar-refractivity contribution in [2.24, 2.45) is 0 Å². The van der Waals surface area contributed by atoms with Crippen molar-refractivity contribution in [3.63, 3.8) is 0 Å². The SMILES string of the molecule is Cc1oc(C)c(C(=O)N(C)CCc2ccccn2)c1C. The monoisotopic (exact) mass is 272 g/mol. The van der Waals surface area contributed by atoms with Crippen LogP contribution < -0.4 is 0 Å². The van der Waals surface area contributed by atoms with Crippen molar-refractivity contribution in [3.05, 3.63) is 52.7 Å². The Labute approximate surface area is 119 Å². The number of aryl methyl sites for hydroxylation is 2. The van der Waals surface area contributed by atoms with Crippen molar-refractivity contribution in [1.82, 2.24) is 9.88 Å². The first-order chi connectivity index (χ1) is 9.50. The Morgan fingerprint density at radius 2 is 2.00 bits per heavy atom. The largest absolute Gasteiger partial charge is 0.466 e. The topological polar surface area (TPSA) is 46.3 Å². The highest BCUT2D eigenvalue weighted by Crippen LogP contribution is 2.22. The molecule has 2 heterocycles. The lowest BCUT2D eigenvalue weighted by molar-refractivity contribution is 0.0794. The molecule has 0 N–H and O–H groups in total. The van der Waals surface area contributed by atoms with Crippen molar-refractivity contribution >= 4 is 5.91 Å². The molecule has 20 heavy (non-hydrogen) atoms. The second kappa shape index (κ2) is 5.90. The molecule has 0 aliphatic rings. The second-order valence-electron chi connectivity index (χ2n) is 5.01. The minimum atomic E-state index is 0.00720. The highest BCUT2D eigenvalue weighted by molar-refractivity contribution is 5.96. The maximum absolute atomic E-state index is 12.5. The van der Waals surface area contributed by atoms with Crippen LogP contribution in [0.1, 0.15) is 33.1 Å². The van der Waals surface area contributed by atoms with Crippen LogP contribution >= 0.6 is 0 Å². The minimum Gasteiger partial charge on any atom is -0.466 e. The summed E-state index contributed by atoms with van der Waals surface area (Å²) in [7, 11) is 1.81. The molecule has 0 radical (unpaired) electrons. The molecule has 0 aliphatic carbocycles. The fourth-order valence-corrected chi connectivity index (χ4v) is 2.23. The van der Waals surface area contributed by atoms with Gasteiger partial charge in [-0.1, -0.05) is 6.07 Å². The summed E-state index contributed by atoms with van der Waals surface area (Å²) >= 11 is 0. The van der Waals surface area contributed by atoms with E-state index in [9.17, 15) is 4.79 Å². The van der Waals surface area contributed by atoms with Crippen LogP contribution in [0.5, 0.6) is 0 Å². The van der Waals surface area contributed by atoms with Crippen molar-refractivity contribution in [2.75, 3.05) is 13.6 Å². The van der Waals surface area contributed by atoms with Gasteiger partial charge in [0.05, 0.1) is 5.56 Å². The number of carbonyl (C=O) groups excluding carboxylic acids is 1. The van der Waals surface area contributed by atoms with Crippen LogP contribution in [0.25, 0.3) is 0 Å². The molecule has 0 atom stereocenters. The minimum absolute atomic E-state index is 0.00720. The summed E-state index contributed by atoms with van der Waals surface area (Å²) < 4.78 is 5.52. The molecule has 0 saturated heterocycles. The molecule has 4 heteroatoms. The van der Waals surface area contributed by atoms with Crippen molar-refractivity contribution in [2.45, 2.75) is 27.2 Å². The lowest BCUT2D eigenvalue weighted by Gasteiger charge is -2.17. The first-order valence-corrected chi connectivity index (χ1v) is 6.72. The molecule has 0 aromatic carbocycles. The maximum Gasteiger partial charge on any atom is 0.257 e. The normalized spacial score (nSPS) is 10.6. The molecule has 2 aromatic rings. The summed E-state index contributed by atoms with van der Waals surface area (Å²) in [4.78, 5) is 18.5. The molecule has 1 amide bonds. The molecular weight excluding hydrogens is 252 g/mol. The average molecular weight is 272 g/mol. The number of hydrogen-bond acceptors (Lipinski definition) is 3. The number of amides is 1. The number of furan rings is 1. The first-order valence-electron chi connectivity index (χ1n) is 6.72. The van der Waals surface area contributed by atoms with E-state index in [0.717, 1.165) is 23.4 Å². The number of rotatable bonds is 4.